The number of halogens is 3. The van der Waals surface area contributed by atoms with E-state index in [2.05, 4.69) is 20.8 Å². The van der Waals surface area contributed by atoms with E-state index in [9.17, 15) is 18.3 Å². The van der Waals surface area contributed by atoms with E-state index in [1.807, 2.05) is 0 Å². The van der Waals surface area contributed by atoms with Gasteiger partial charge in [0.15, 0.2) is 0 Å². The van der Waals surface area contributed by atoms with Crippen LogP contribution in [0, 0.1) is 11.3 Å². The molecule has 0 spiro atoms. The molecule has 0 aromatic carbocycles. The minimum absolute atomic E-state index is 0.143. The average molecular weight is 266 g/mol. The lowest BCUT2D eigenvalue weighted by Gasteiger charge is -2.42. The minimum atomic E-state index is -4.16. The molecule has 0 heterocycles. The molecular weight excluding hydrogens is 241 g/mol. The third kappa shape index (κ3) is 4.45. The lowest BCUT2D eigenvalue weighted by Crippen LogP contribution is -2.38. The zero-order valence-corrected chi connectivity index (χ0v) is 11.6. The molecule has 1 aliphatic rings. The summed E-state index contributed by atoms with van der Waals surface area (Å²) in [6, 6.07) is 0. The average Bonchev–Trinajstić information content (AvgIpc) is 2.26. The van der Waals surface area contributed by atoms with Crippen molar-refractivity contribution in [3.05, 3.63) is 0 Å². The lowest BCUT2D eigenvalue weighted by molar-refractivity contribution is -0.151. The van der Waals surface area contributed by atoms with Crippen molar-refractivity contribution in [1.29, 1.82) is 0 Å². The van der Waals surface area contributed by atoms with Crippen LogP contribution in [0.3, 0.4) is 0 Å². The summed E-state index contributed by atoms with van der Waals surface area (Å²) in [5.41, 5.74) is -0.860. The summed E-state index contributed by atoms with van der Waals surface area (Å²) in [6.45, 7) is 6.56. The second kappa shape index (κ2) is 5.40. The Labute approximate surface area is 108 Å². The van der Waals surface area contributed by atoms with Crippen LogP contribution in [0.15, 0.2) is 0 Å². The number of alkyl halides is 3. The second-order valence-electron chi connectivity index (χ2n) is 6.46. The monoisotopic (exact) mass is 266 g/mol. The van der Waals surface area contributed by atoms with Gasteiger partial charge in [-0.05, 0) is 43.4 Å². The first-order valence-corrected chi connectivity index (χ1v) is 6.87. The summed E-state index contributed by atoms with van der Waals surface area (Å²) in [7, 11) is 0. The highest BCUT2D eigenvalue weighted by Crippen LogP contribution is 2.45. The summed E-state index contributed by atoms with van der Waals surface area (Å²) >= 11 is 0. The molecule has 1 rings (SSSR count). The van der Waals surface area contributed by atoms with Gasteiger partial charge in [0.1, 0.15) is 0 Å². The number of aliphatic hydroxyl groups is 1. The first-order valence-electron chi connectivity index (χ1n) is 6.87. The molecule has 1 N–H and O–H groups in total. The molecule has 0 atom stereocenters. The van der Waals surface area contributed by atoms with E-state index in [1.165, 1.54) is 0 Å². The van der Waals surface area contributed by atoms with Crippen molar-refractivity contribution in [2.45, 2.75) is 77.5 Å². The topological polar surface area (TPSA) is 20.2 Å². The van der Waals surface area contributed by atoms with Gasteiger partial charge >= 0.3 is 6.18 Å². The largest absolute Gasteiger partial charge is 0.390 e. The van der Waals surface area contributed by atoms with Gasteiger partial charge in [-0.3, -0.25) is 0 Å². The van der Waals surface area contributed by atoms with Gasteiger partial charge in [0.2, 0.25) is 0 Å². The van der Waals surface area contributed by atoms with Gasteiger partial charge in [0.05, 0.1) is 5.60 Å². The van der Waals surface area contributed by atoms with Crippen LogP contribution in [-0.4, -0.2) is 16.9 Å². The summed E-state index contributed by atoms with van der Waals surface area (Å²) in [5, 5.41) is 10.2. The predicted octanol–water partition coefficient (Wildman–Crippen LogP) is 4.69. The molecule has 0 aromatic heterocycles. The minimum Gasteiger partial charge on any atom is -0.390 e. The standard InChI is InChI=1S/C14H25F3O/c1-4-12(2,3)11-5-7-13(18,8-6-11)9-10-14(15,16)17/h11,18H,4-10H2,1-3H3. The zero-order chi connectivity index (χ0) is 14.0. The molecule has 0 aromatic rings. The van der Waals surface area contributed by atoms with Crippen LogP contribution in [0.2, 0.25) is 0 Å². The molecule has 1 fully saturated rings. The van der Waals surface area contributed by atoms with Crippen LogP contribution in [0.4, 0.5) is 13.2 Å². The molecular formula is C14H25F3O. The lowest BCUT2D eigenvalue weighted by atomic mass is 9.66. The van der Waals surface area contributed by atoms with Gasteiger partial charge in [-0.1, -0.05) is 27.2 Å². The molecule has 0 amide bonds. The van der Waals surface area contributed by atoms with Crippen LogP contribution in [0.5, 0.6) is 0 Å². The Kier molecular flexibility index (Phi) is 4.74. The van der Waals surface area contributed by atoms with Gasteiger partial charge in [-0.15, -0.1) is 0 Å². The maximum Gasteiger partial charge on any atom is 0.389 e. The number of hydrogen-bond acceptors (Lipinski definition) is 1. The Morgan fingerprint density at radius 3 is 2.06 bits per heavy atom. The number of rotatable bonds is 4. The van der Waals surface area contributed by atoms with Gasteiger partial charge in [-0.25, -0.2) is 0 Å². The Morgan fingerprint density at radius 2 is 1.67 bits per heavy atom. The first-order chi connectivity index (χ1) is 8.08. The fourth-order valence-corrected chi connectivity index (χ4v) is 2.85. The summed E-state index contributed by atoms with van der Waals surface area (Å²) in [5.74, 6) is 0.522. The molecule has 0 saturated heterocycles. The van der Waals surface area contributed by atoms with Crippen LogP contribution < -0.4 is 0 Å². The molecule has 1 saturated carbocycles. The molecule has 18 heavy (non-hydrogen) atoms. The fraction of sp³-hybridized carbons (Fsp3) is 1.00. The molecule has 4 heteroatoms. The highest BCUT2D eigenvalue weighted by molar-refractivity contribution is 4.90. The van der Waals surface area contributed by atoms with E-state index in [-0.39, 0.29) is 11.8 Å². The summed E-state index contributed by atoms with van der Waals surface area (Å²) in [4.78, 5) is 0. The molecule has 0 bridgehead atoms. The van der Waals surface area contributed by atoms with Crippen molar-refractivity contribution in [3.63, 3.8) is 0 Å². The van der Waals surface area contributed by atoms with Crippen molar-refractivity contribution in [1.82, 2.24) is 0 Å². The van der Waals surface area contributed by atoms with Crippen molar-refractivity contribution in [2.75, 3.05) is 0 Å². The number of hydrogen-bond donors (Lipinski definition) is 1. The first kappa shape index (κ1) is 15.8. The molecule has 0 radical (unpaired) electrons. The van der Waals surface area contributed by atoms with Gasteiger partial charge in [0, 0.05) is 6.42 Å². The molecule has 0 unspecified atom stereocenters. The predicted molar refractivity (Wildman–Crippen MR) is 66.3 cm³/mol. The van der Waals surface area contributed by atoms with E-state index >= 15 is 0 Å². The highest BCUT2D eigenvalue weighted by Gasteiger charge is 2.40. The van der Waals surface area contributed by atoms with E-state index in [1.54, 1.807) is 0 Å². The van der Waals surface area contributed by atoms with Gasteiger partial charge < -0.3 is 5.11 Å². The maximum absolute atomic E-state index is 12.2. The fourth-order valence-electron chi connectivity index (χ4n) is 2.85. The van der Waals surface area contributed by atoms with Crippen molar-refractivity contribution >= 4 is 0 Å². The highest BCUT2D eigenvalue weighted by atomic mass is 19.4. The Bertz CT molecular complexity index is 263. The molecule has 1 nitrogen and oxygen atoms in total. The smallest absolute Gasteiger partial charge is 0.389 e. The van der Waals surface area contributed by atoms with Crippen molar-refractivity contribution in [2.24, 2.45) is 11.3 Å². The third-order valence-electron chi connectivity index (χ3n) is 4.81. The Hall–Kier alpha value is -0.250. The van der Waals surface area contributed by atoms with E-state index in [4.69, 9.17) is 0 Å². The van der Waals surface area contributed by atoms with Gasteiger partial charge in [0.25, 0.3) is 0 Å². The van der Waals surface area contributed by atoms with E-state index in [0.29, 0.717) is 18.8 Å². The Balaban J connectivity index is 2.47. The molecule has 1 aliphatic carbocycles. The van der Waals surface area contributed by atoms with E-state index in [0.717, 1.165) is 19.3 Å². The quantitative estimate of drug-likeness (QED) is 0.783. The SMILES string of the molecule is CCC(C)(C)C1CCC(O)(CCC(F)(F)F)CC1. The second-order valence-corrected chi connectivity index (χ2v) is 6.46. The van der Waals surface area contributed by atoms with Crippen molar-refractivity contribution < 1.29 is 18.3 Å². The normalized spacial score (nSPS) is 30.5. The van der Waals surface area contributed by atoms with Crippen LogP contribution in [-0.2, 0) is 0 Å². The Morgan fingerprint density at radius 1 is 1.17 bits per heavy atom. The maximum atomic E-state index is 12.2. The molecule has 0 aliphatic heterocycles. The summed E-state index contributed by atoms with van der Waals surface area (Å²) in [6.07, 6.45) is -1.40. The van der Waals surface area contributed by atoms with Gasteiger partial charge in [-0.2, -0.15) is 13.2 Å². The molecule has 108 valence electrons. The summed E-state index contributed by atoms with van der Waals surface area (Å²) < 4.78 is 36.6. The van der Waals surface area contributed by atoms with Crippen LogP contribution in [0.1, 0.15) is 65.7 Å². The van der Waals surface area contributed by atoms with Crippen LogP contribution in [0.25, 0.3) is 0 Å². The van der Waals surface area contributed by atoms with E-state index < -0.39 is 18.2 Å². The van der Waals surface area contributed by atoms with Crippen molar-refractivity contribution in [3.8, 4) is 0 Å². The third-order valence-corrected chi connectivity index (χ3v) is 4.81. The zero-order valence-electron chi connectivity index (χ0n) is 11.6. The van der Waals surface area contributed by atoms with Crippen LogP contribution >= 0.6 is 0 Å².